The Bertz CT molecular complexity index is 1050. The molecule has 3 aromatic carbocycles. The Labute approximate surface area is 214 Å². The Morgan fingerprint density at radius 2 is 0.857 bits per heavy atom. The predicted octanol–water partition coefficient (Wildman–Crippen LogP) is 7.26. The fraction of sp³-hybridized carbons (Fsp3) is 0. The van der Waals surface area contributed by atoms with Crippen molar-refractivity contribution in [1.29, 1.82) is 0 Å². The van der Waals surface area contributed by atoms with Crippen molar-refractivity contribution in [3.8, 4) is 22.3 Å². The van der Waals surface area contributed by atoms with Crippen LogP contribution in [0.3, 0.4) is 0 Å². The number of hydrogen-bond donors (Lipinski definition) is 0. The van der Waals surface area contributed by atoms with Gasteiger partial charge in [0.05, 0.1) is 9.85 Å². The number of nitrogens with zero attached hydrogens (tertiary/aromatic N) is 2. The van der Waals surface area contributed by atoms with E-state index in [1.54, 1.807) is 24.3 Å². The van der Waals surface area contributed by atoms with Crippen LogP contribution in [-0.2, 0) is 0 Å². The molecule has 0 aliphatic rings. The van der Waals surface area contributed by atoms with Gasteiger partial charge in [0, 0.05) is 38.5 Å². The zero-order valence-electron chi connectivity index (χ0n) is 13.7. The average Bonchev–Trinajstić information content (AvgIpc) is 2.63. The van der Waals surface area contributed by atoms with Crippen LogP contribution in [0.4, 0.5) is 11.4 Å². The summed E-state index contributed by atoms with van der Waals surface area (Å²) < 4.78 is 3.60. The maximum Gasteiger partial charge on any atom is 0.270 e. The van der Waals surface area contributed by atoms with E-state index in [1.807, 2.05) is 12.1 Å². The first kappa shape index (κ1) is 22.1. The normalized spacial score (nSPS) is 10.7. The Kier molecular flexibility index (Phi) is 7.12. The lowest BCUT2D eigenvalue weighted by Crippen LogP contribution is -1.95. The molecule has 0 saturated heterocycles. The van der Waals surface area contributed by atoms with Crippen molar-refractivity contribution in [2.75, 3.05) is 0 Å². The molecule has 0 aliphatic carbocycles. The molecule has 6 nitrogen and oxygen atoms in total. The van der Waals surface area contributed by atoms with E-state index in [4.69, 9.17) is 0 Å². The number of halogens is 4. The van der Waals surface area contributed by atoms with Crippen molar-refractivity contribution < 1.29 is 9.85 Å². The van der Waals surface area contributed by atoms with Gasteiger partial charge in [-0.2, -0.15) is 0 Å². The lowest BCUT2D eigenvalue weighted by molar-refractivity contribution is -0.385. The third-order valence-corrected chi connectivity index (χ3v) is 7.53. The van der Waals surface area contributed by atoms with Gasteiger partial charge in [0.15, 0.2) is 0 Å². The highest BCUT2D eigenvalue weighted by molar-refractivity contribution is 14.1. The van der Waals surface area contributed by atoms with Crippen LogP contribution < -0.4 is 0 Å². The largest absolute Gasteiger partial charge is 0.270 e. The fourth-order valence-electron chi connectivity index (χ4n) is 2.63. The molecule has 0 saturated carbocycles. The Hall–Kier alpha value is -0.620. The summed E-state index contributed by atoms with van der Waals surface area (Å²) in [4.78, 5) is 21.2. The van der Waals surface area contributed by atoms with Gasteiger partial charge in [-0.15, -0.1) is 0 Å². The lowest BCUT2D eigenvalue weighted by atomic mass is 10.00. The first-order chi connectivity index (χ1) is 13.2. The smallest absolute Gasteiger partial charge is 0.258 e. The summed E-state index contributed by atoms with van der Waals surface area (Å²) in [5.41, 5.74) is 3.97. The van der Waals surface area contributed by atoms with E-state index < -0.39 is 9.85 Å². The second-order valence-corrected chi connectivity index (χ2v) is 10.3. The summed E-state index contributed by atoms with van der Waals surface area (Å²) in [5.74, 6) is 0. The Morgan fingerprint density at radius 1 is 0.536 bits per heavy atom. The van der Waals surface area contributed by atoms with Gasteiger partial charge in [-0.25, -0.2) is 0 Å². The Morgan fingerprint density at radius 3 is 1.14 bits per heavy atom. The standard InChI is InChI=1S/C18H8I4N2O4/c19-15-5-9(23(25)26)1-3-11(15)13-7-18(22)14(8-17(13)21)12-4-2-10(24(27)28)6-16(12)20/h1-8H. The van der Waals surface area contributed by atoms with E-state index in [9.17, 15) is 20.2 Å². The number of nitro groups is 2. The minimum Gasteiger partial charge on any atom is -0.258 e. The van der Waals surface area contributed by atoms with Crippen LogP contribution in [0, 0.1) is 34.5 Å². The van der Waals surface area contributed by atoms with E-state index in [1.165, 1.54) is 12.1 Å². The first-order valence-electron chi connectivity index (χ1n) is 7.56. The zero-order chi connectivity index (χ0) is 20.6. The molecule has 0 fully saturated rings. The summed E-state index contributed by atoms with van der Waals surface area (Å²) in [6.07, 6.45) is 0. The van der Waals surface area contributed by atoms with Gasteiger partial charge < -0.3 is 0 Å². The van der Waals surface area contributed by atoms with Crippen molar-refractivity contribution in [2.45, 2.75) is 0 Å². The molecule has 10 heteroatoms. The van der Waals surface area contributed by atoms with E-state index in [-0.39, 0.29) is 11.4 Å². The van der Waals surface area contributed by atoms with Gasteiger partial charge in [0.1, 0.15) is 0 Å². The van der Waals surface area contributed by atoms with Crippen LogP contribution >= 0.6 is 90.4 Å². The number of nitro benzene ring substituents is 2. The van der Waals surface area contributed by atoms with Gasteiger partial charge >= 0.3 is 0 Å². The first-order valence-corrected chi connectivity index (χ1v) is 11.9. The molecule has 0 spiro atoms. The molecule has 0 N–H and O–H groups in total. The second kappa shape index (κ2) is 9.03. The summed E-state index contributed by atoms with van der Waals surface area (Å²) in [5, 5.41) is 22.0. The van der Waals surface area contributed by atoms with Crippen molar-refractivity contribution in [3.63, 3.8) is 0 Å². The second-order valence-electron chi connectivity index (χ2n) is 5.65. The highest BCUT2D eigenvalue weighted by Crippen LogP contribution is 2.38. The molecule has 0 heterocycles. The van der Waals surface area contributed by atoms with Gasteiger partial charge in [-0.1, -0.05) is 0 Å². The SMILES string of the molecule is O=[N+]([O-])c1ccc(-c2cc(I)c(-c3ccc([N+](=O)[O-])cc3I)cc2I)c(I)c1. The minimum atomic E-state index is -0.402. The van der Waals surface area contributed by atoms with Crippen LogP contribution in [0.25, 0.3) is 22.3 Å². The van der Waals surface area contributed by atoms with Gasteiger partial charge in [-0.3, -0.25) is 20.2 Å². The summed E-state index contributed by atoms with van der Waals surface area (Å²) in [6.45, 7) is 0. The number of rotatable bonds is 4. The van der Waals surface area contributed by atoms with Crippen molar-refractivity contribution in [2.24, 2.45) is 0 Å². The van der Waals surface area contributed by atoms with Crippen LogP contribution in [0.15, 0.2) is 48.5 Å². The Balaban J connectivity index is 2.10. The van der Waals surface area contributed by atoms with Gasteiger partial charge in [-0.05, 0) is 137 Å². The van der Waals surface area contributed by atoms with E-state index in [2.05, 4.69) is 90.4 Å². The molecule has 0 aliphatic heterocycles. The monoisotopic (exact) mass is 824 g/mol. The highest BCUT2D eigenvalue weighted by Gasteiger charge is 2.17. The molecular weight excluding hydrogens is 816 g/mol. The highest BCUT2D eigenvalue weighted by atomic mass is 127. The molecule has 3 rings (SSSR count). The van der Waals surface area contributed by atoms with Gasteiger partial charge in [0.25, 0.3) is 11.4 Å². The molecule has 0 aromatic heterocycles. The van der Waals surface area contributed by atoms with Crippen LogP contribution in [0.1, 0.15) is 0 Å². The molecule has 28 heavy (non-hydrogen) atoms. The van der Waals surface area contributed by atoms with E-state index >= 15 is 0 Å². The van der Waals surface area contributed by atoms with Crippen LogP contribution in [0.5, 0.6) is 0 Å². The number of benzene rings is 3. The molecule has 3 aromatic rings. The maximum absolute atomic E-state index is 11.0. The van der Waals surface area contributed by atoms with Gasteiger partial charge in [0.2, 0.25) is 0 Å². The average molecular weight is 824 g/mol. The minimum absolute atomic E-state index is 0.0647. The van der Waals surface area contributed by atoms with Crippen LogP contribution in [0.2, 0.25) is 0 Å². The van der Waals surface area contributed by atoms with Crippen molar-refractivity contribution in [1.82, 2.24) is 0 Å². The molecular formula is C18H8I4N2O4. The third kappa shape index (κ3) is 4.58. The fourth-order valence-corrected chi connectivity index (χ4v) is 5.73. The molecule has 0 atom stereocenters. The van der Waals surface area contributed by atoms with Crippen molar-refractivity contribution in [3.05, 3.63) is 83.0 Å². The van der Waals surface area contributed by atoms with E-state index in [0.717, 1.165) is 36.5 Å². The lowest BCUT2D eigenvalue weighted by Gasteiger charge is -2.13. The molecule has 0 amide bonds. The summed E-state index contributed by atoms with van der Waals surface area (Å²) >= 11 is 8.72. The third-order valence-electron chi connectivity index (χ3n) is 3.96. The molecule has 0 unspecified atom stereocenters. The summed E-state index contributed by atoms with van der Waals surface area (Å²) in [6, 6.07) is 13.8. The van der Waals surface area contributed by atoms with Crippen molar-refractivity contribution >= 4 is 102 Å². The summed E-state index contributed by atoms with van der Waals surface area (Å²) in [7, 11) is 0. The molecule has 0 bridgehead atoms. The number of hydrogen-bond acceptors (Lipinski definition) is 4. The predicted molar refractivity (Wildman–Crippen MR) is 141 cm³/mol. The maximum atomic E-state index is 11.0. The quantitative estimate of drug-likeness (QED) is 0.158. The zero-order valence-corrected chi connectivity index (χ0v) is 22.3. The van der Waals surface area contributed by atoms with Crippen LogP contribution in [-0.4, -0.2) is 9.85 Å². The number of non-ortho nitro benzene ring substituents is 2. The topological polar surface area (TPSA) is 86.3 Å². The molecule has 0 radical (unpaired) electrons. The van der Waals surface area contributed by atoms with E-state index in [0.29, 0.717) is 0 Å². The molecule has 142 valence electrons.